The van der Waals surface area contributed by atoms with Gasteiger partial charge in [0, 0.05) is 59.8 Å². The number of aliphatic hydroxyl groups is 1. The Labute approximate surface area is 199 Å². The van der Waals surface area contributed by atoms with Crippen LogP contribution in [0.25, 0.3) is 22.2 Å². The summed E-state index contributed by atoms with van der Waals surface area (Å²) in [4.78, 5) is 10.6. The molecular formula is C23H20Cl2FN5O2. The second-order valence-corrected chi connectivity index (χ2v) is 8.70. The second kappa shape index (κ2) is 8.78. The van der Waals surface area contributed by atoms with Gasteiger partial charge in [-0.25, -0.2) is 9.37 Å². The molecule has 1 aliphatic rings. The van der Waals surface area contributed by atoms with Gasteiger partial charge in [0.15, 0.2) is 11.6 Å². The van der Waals surface area contributed by atoms with Crippen LogP contribution >= 0.6 is 23.2 Å². The summed E-state index contributed by atoms with van der Waals surface area (Å²) >= 11 is 12.4. The van der Waals surface area contributed by atoms with Crippen LogP contribution in [0.15, 0.2) is 36.8 Å². The third kappa shape index (κ3) is 3.99. The number of anilines is 1. The van der Waals surface area contributed by atoms with E-state index < -0.39 is 11.9 Å². The van der Waals surface area contributed by atoms with Crippen LogP contribution in [0.1, 0.15) is 30.6 Å². The zero-order chi connectivity index (χ0) is 23.1. The van der Waals surface area contributed by atoms with Crippen molar-refractivity contribution in [3.8, 4) is 17.0 Å². The van der Waals surface area contributed by atoms with Gasteiger partial charge in [-0.15, -0.1) is 0 Å². The number of fused-ring (bicyclic) bond motifs is 1. The standard InChI is InChI=1S/C23H20Cl2FN5O2/c1-12(21-16(24)9-27-10-17(21)25)33-20-6-15-19(7-18(20)26)29-30-22(15)13-5-14(11-32)23(28-8-13)31-3-2-4-31/h5-10,12,32H,2-4,11H2,1H3,(H,29,30)/t12-/m1/s1. The molecule has 1 aliphatic heterocycles. The SMILES string of the molecule is C[C@@H](Oc1cc2c(-c3cnc(N4CCC4)c(CO)c3)n[nH]c2cc1F)c1c(Cl)cncc1Cl. The summed E-state index contributed by atoms with van der Waals surface area (Å²) in [6.45, 7) is 3.45. The summed E-state index contributed by atoms with van der Waals surface area (Å²) < 4.78 is 20.7. The van der Waals surface area contributed by atoms with Crippen molar-refractivity contribution in [3.05, 3.63) is 63.8 Å². The molecular weight excluding hydrogens is 468 g/mol. The molecule has 10 heteroatoms. The number of benzene rings is 1. The summed E-state index contributed by atoms with van der Waals surface area (Å²) in [5, 5.41) is 18.4. The number of pyridine rings is 2. The average Bonchev–Trinajstić information content (AvgIpc) is 3.15. The van der Waals surface area contributed by atoms with E-state index in [9.17, 15) is 9.50 Å². The van der Waals surface area contributed by atoms with Gasteiger partial charge in [0.2, 0.25) is 0 Å². The zero-order valence-corrected chi connectivity index (χ0v) is 19.2. The summed E-state index contributed by atoms with van der Waals surface area (Å²) in [5.41, 5.74) is 3.05. The number of H-pyrrole nitrogens is 1. The molecule has 3 aromatic heterocycles. The Bertz CT molecular complexity index is 1320. The topological polar surface area (TPSA) is 87.2 Å². The molecule has 0 radical (unpaired) electrons. The van der Waals surface area contributed by atoms with Crippen LogP contribution in [-0.2, 0) is 6.61 Å². The van der Waals surface area contributed by atoms with E-state index in [4.69, 9.17) is 27.9 Å². The molecule has 0 unspecified atom stereocenters. The minimum absolute atomic E-state index is 0.0362. The fourth-order valence-corrected chi connectivity index (χ4v) is 4.62. The molecule has 1 atom stereocenters. The molecule has 0 aliphatic carbocycles. The van der Waals surface area contributed by atoms with Crippen LogP contribution in [0.4, 0.5) is 10.2 Å². The second-order valence-electron chi connectivity index (χ2n) is 7.88. The van der Waals surface area contributed by atoms with Gasteiger partial charge in [-0.1, -0.05) is 23.2 Å². The first-order valence-electron chi connectivity index (χ1n) is 10.4. The van der Waals surface area contributed by atoms with Crippen molar-refractivity contribution in [3.63, 3.8) is 0 Å². The molecule has 7 nitrogen and oxygen atoms in total. The maximum Gasteiger partial charge on any atom is 0.167 e. The van der Waals surface area contributed by atoms with Gasteiger partial charge in [0.05, 0.1) is 22.2 Å². The quantitative estimate of drug-likeness (QED) is 0.383. The third-order valence-electron chi connectivity index (χ3n) is 5.76. The molecule has 0 saturated carbocycles. The number of aromatic nitrogens is 4. The van der Waals surface area contributed by atoms with Crippen molar-refractivity contribution in [2.75, 3.05) is 18.0 Å². The van der Waals surface area contributed by atoms with Crippen LogP contribution in [0.3, 0.4) is 0 Å². The van der Waals surface area contributed by atoms with Crippen LogP contribution in [0.2, 0.25) is 10.0 Å². The molecule has 5 rings (SSSR count). The Morgan fingerprint density at radius 3 is 2.61 bits per heavy atom. The van der Waals surface area contributed by atoms with Crippen molar-refractivity contribution in [1.29, 1.82) is 0 Å². The zero-order valence-electron chi connectivity index (χ0n) is 17.6. The number of ether oxygens (including phenoxy) is 1. The monoisotopic (exact) mass is 487 g/mol. The molecule has 0 amide bonds. The van der Waals surface area contributed by atoms with Gasteiger partial charge >= 0.3 is 0 Å². The Balaban J connectivity index is 1.52. The maximum absolute atomic E-state index is 14.8. The normalized spacial score (nSPS) is 14.4. The van der Waals surface area contributed by atoms with Gasteiger partial charge in [-0.2, -0.15) is 5.10 Å². The Morgan fingerprint density at radius 1 is 1.18 bits per heavy atom. The molecule has 4 heterocycles. The van der Waals surface area contributed by atoms with Crippen molar-refractivity contribution in [2.45, 2.75) is 26.1 Å². The lowest BCUT2D eigenvalue weighted by Gasteiger charge is -2.33. The van der Waals surface area contributed by atoms with Gasteiger partial charge in [0.1, 0.15) is 17.6 Å². The highest BCUT2D eigenvalue weighted by molar-refractivity contribution is 6.35. The predicted octanol–water partition coefficient (Wildman–Crippen LogP) is 5.31. The number of nitrogens with zero attached hydrogens (tertiary/aromatic N) is 4. The smallest absolute Gasteiger partial charge is 0.167 e. The summed E-state index contributed by atoms with van der Waals surface area (Å²) in [5.74, 6) is 0.268. The first-order chi connectivity index (χ1) is 16.0. The summed E-state index contributed by atoms with van der Waals surface area (Å²) in [7, 11) is 0. The van der Waals surface area contributed by atoms with Crippen molar-refractivity contribution in [1.82, 2.24) is 20.2 Å². The fraction of sp³-hybridized carbons (Fsp3) is 0.261. The molecule has 2 N–H and O–H groups in total. The van der Waals surface area contributed by atoms with Crippen LogP contribution in [-0.4, -0.2) is 38.4 Å². The number of rotatable bonds is 6. The maximum atomic E-state index is 14.8. The first kappa shape index (κ1) is 21.9. The Morgan fingerprint density at radius 2 is 1.94 bits per heavy atom. The number of aromatic amines is 1. The first-order valence-corrected chi connectivity index (χ1v) is 11.2. The van der Waals surface area contributed by atoms with E-state index in [1.165, 1.54) is 18.5 Å². The van der Waals surface area contributed by atoms with E-state index in [0.29, 0.717) is 37.8 Å². The number of halogens is 3. The molecule has 33 heavy (non-hydrogen) atoms. The lowest BCUT2D eigenvalue weighted by molar-refractivity contribution is 0.217. The Hall–Kier alpha value is -2.94. The van der Waals surface area contributed by atoms with Crippen LogP contribution in [0.5, 0.6) is 5.75 Å². The highest BCUT2D eigenvalue weighted by Crippen LogP contribution is 2.37. The van der Waals surface area contributed by atoms with E-state index in [2.05, 4.69) is 25.1 Å². The summed E-state index contributed by atoms with van der Waals surface area (Å²) in [6, 6.07) is 4.78. The minimum atomic E-state index is -0.617. The molecule has 1 saturated heterocycles. The van der Waals surface area contributed by atoms with Crippen LogP contribution in [0, 0.1) is 5.82 Å². The number of nitrogens with one attached hydrogen (secondary N) is 1. The van der Waals surface area contributed by atoms with Crippen LogP contribution < -0.4 is 9.64 Å². The van der Waals surface area contributed by atoms with Crippen molar-refractivity contribution in [2.24, 2.45) is 0 Å². The van der Waals surface area contributed by atoms with E-state index >= 15 is 0 Å². The molecule has 4 aromatic rings. The lowest BCUT2D eigenvalue weighted by Crippen LogP contribution is -2.38. The molecule has 170 valence electrons. The van der Waals surface area contributed by atoms with Crippen molar-refractivity contribution < 1.29 is 14.2 Å². The lowest BCUT2D eigenvalue weighted by atomic mass is 10.1. The van der Waals surface area contributed by atoms with E-state index in [0.717, 1.165) is 30.9 Å². The molecule has 0 bridgehead atoms. The van der Waals surface area contributed by atoms with Gasteiger partial charge < -0.3 is 14.7 Å². The van der Waals surface area contributed by atoms with Gasteiger partial charge in [-0.05, 0) is 25.5 Å². The molecule has 0 spiro atoms. The summed E-state index contributed by atoms with van der Waals surface area (Å²) in [6.07, 6.45) is 5.14. The molecule has 1 aromatic carbocycles. The van der Waals surface area contributed by atoms with E-state index in [1.54, 1.807) is 19.2 Å². The van der Waals surface area contributed by atoms with E-state index in [-0.39, 0.29) is 12.4 Å². The fourth-order valence-electron chi connectivity index (χ4n) is 3.95. The van der Waals surface area contributed by atoms with Crippen molar-refractivity contribution >= 4 is 39.9 Å². The van der Waals surface area contributed by atoms with Gasteiger partial charge in [-0.3, -0.25) is 10.1 Å². The largest absolute Gasteiger partial charge is 0.483 e. The molecule has 1 fully saturated rings. The third-order valence-corrected chi connectivity index (χ3v) is 6.36. The predicted molar refractivity (Wildman–Crippen MR) is 125 cm³/mol. The highest BCUT2D eigenvalue weighted by atomic mass is 35.5. The van der Waals surface area contributed by atoms with E-state index in [1.807, 2.05) is 6.07 Å². The minimum Gasteiger partial charge on any atom is -0.483 e. The highest BCUT2D eigenvalue weighted by Gasteiger charge is 2.22. The average molecular weight is 488 g/mol. The number of hydrogen-bond acceptors (Lipinski definition) is 6. The van der Waals surface area contributed by atoms with Gasteiger partial charge in [0.25, 0.3) is 0 Å². The Kier molecular flexibility index (Phi) is 5.82. The number of hydrogen-bond donors (Lipinski definition) is 2. The number of aliphatic hydroxyl groups excluding tert-OH is 1.